The van der Waals surface area contributed by atoms with Gasteiger partial charge in [-0.05, 0) is 30.9 Å². The Hall–Kier alpha value is -2.90. The van der Waals surface area contributed by atoms with Crippen LogP contribution in [0.15, 0.2) is 28.8 Å². The maximum atomic E-state index is 12.3. The summed E-state index contributed by atoms with van der Waals surface area (Å²) in [5.74, 6) is 0.814. The molecular formula is C18H21N5O3. The van der Waals surface area contributed by atoms with Gasteiger partial charge in [-0.15, -0.1) is 0 Å². The van der Waals surface area contributed by atoms with E-state index >= 15 is 0 Å². The van der Waals surface area contributed by atoms with Crippen LogP contribution in [0.5, 0.6) is 0 Å². The number of fused-ring (bicyclic) bond motifs is 1. The van der Waals surface area contributed by atoms with E-state index in [0.29, 0.717) is 31.2 Å². The molecule has 136 valence electrons. The minimum atomic E-state index is -0.167. The first-order chi connectivity index (χ1) is 12.6. The van der Waals surface area contributed by atoms with Gasteiger partial charge in [0.25, 0.3) is 0 Å². The van der Waals surface area contributed by atoms with E-state index in [1.807, 2.05) is 18.2 Å². The Morgan fingerprint density at radius 2 is 2.08 bits per heavy atom. The Kier molecular flexibility index (Phi) is 4.32. The highest BCUT2D eigenvalue weighted by Gasteiger charge is 2.47. The van der Waals surface area contributed by atoms with Gasteiger partial charge < -0.3 is 20.1 Å². The van der Waals surface area contributed by atoms with Crippen LogP contribution in [0.1, 0.15) is 35.2 Å². The number of rotatable bonds is 4. The third-order valence-electron chi connectivity index (χ3n) is 4.91. The van der Waals surface area contributed by atoms with Gasteiger partial charge in [0.05, 0.1) is 18.5 Å². The van der Waals surface area contributed by atoms with Crippen LogP contribution in [-0.4, -0.2) is 40.2 Å². The number of hydrogen-bond donors (Lipinski definition) is 2. The number of nitrogens with one attached hydrogen (secondary N) is 2. The number of aryl methyl sites for hydroxylation is 1. The average Bonchev–Trinajstić information content (AvgIpc) is 3.35. The number of carbonyl (C=O) groups excluding carboxylic acids is 2. The molecule has 3 amide bonds. The fourth-order valence-corrected chi connectivity index (χ4v) is 3.34. The van der Waals surface area contributed by atoms with Crippen LogP contribution in [0.25, 0.3) is 0 Å². The maximum absolute atomic E-state index is 12.3. The minimum absolute atomic E-state index is 0.00880. The van der Waals surface area contributed by atoms with Crippen LogP contribution in [0.3, 0.4) is 0 Å². The molecule has 4 rings (SSSR count). The Balaban J connectivity index is 1.22. The van der Waals surface area contributed by atoms with Crippen molar-refractivity contribution in [3.63, 3.8) is 0 Å². The molecule has 1 saturated carbocycles. The molecule has 1 fully saturated rings. The molecule has 0 spiro atoms. The molecule has 2 heterocycles. The highest BCUT2D eigenvalue weighted by molar-refractivity contribution is 5.83. The first-order valence-electron chi connectivity index (χ1n) is 8.79. The van der Waals surface area contributed by atoms with E-state index in [1.54, 1.807) is 11.8 Å². The number of carbonyl (C=O) groups is 2. The minimum Gasteiger partial charge on any atom is -0.339 e. The summed E-state index contributed by atoms with van der Waals surface area (Å²) in [5, 5.41) is 9.26. The number of amides is 3. The van der Waals surface area contributed by atoms with Crippen molar-refractivity contribution >= 4 is 11.9 Å². The van der Waals surface area contributed by atoms with Crippen LogP contribution in [-0.2, 0) is 17.8 Å². The molecule has 2 aliphatic rings. The predicted octanol–water partition coefficient (Wildman–Crippen LogP) is 1.32. The SMILES string of the molecule is Cc1noc(C2CC2C(=O)NCNC(=O)N2CCc3ccccc3C2)n1. The quantitative estimate of drug-likeness (QED) is 0.806. The second-order valence-corrected chi connectivity index (χ2v) is 6.77. The third-order valence-corrected chi connectivity index (χ3v) is 4.91. The largest absolute Gasteiger partial charge is 0.339 e. The van der Waals surface area contributed by atoms with Gasteiger partial charge in [-0.2, -0.15) is 4.98 Å². The van der Waals surface area contributed by atoms with E-state index in [-0.39, 0.29) is 30.4 Å². The normalized spacial score (nSPS) is 21.0. The van der Waals surface area contributed by atoms with E-state index in [2.05, 4.69) is 26.8 Å². The summed E-state index contributed by atoms with van der Waals surface area (Å²) < 4.78 is 5.10. The first kappa shape index (κ1) is 16.6. The Labute approximate surface area is 150 Å². The summed E-state index contributed by atoms with van der Waals surface area (Å²) in [6.45, 7) is 3.13. The molecule has 1 aromatic carbocycles. The number of hydrogen-bond acceptors (Lipinski definition) is 5. The highest BCUT2D eigenvalue weighted by Crippen LogP contribution is 2.46. The predicted molar refractivity (Wildman–Crippen MR) is 92.0 cm³/mol. The summed E-state index contributed by atoms with van der Waals surface area (Å²) in [4.78, 5) is 30.4. The van der Waals surface area contributed by atoms with Gasteiger partial charge in [-0.25, -0.2) is 4.79 Å². The first-order valence-corrected chi connectivity index (χ1v) is 8.79. The molecule has 2 N–H and O–H groups in total. The number of nitrogens with zero attached hydrogens (tertiary/aromatic N) is 3. The Morgan fingerprint density at radius 3 is 2.85 bits per heavy atom. The summed E-state index contributed by atoms with van der Waals surface area (Å²) >= 11 is 0. The lowest BCUT2D eigenvalue weighted by atomic mass is 10.0. The van der Waals surface area contributed by atoms with Crippen molar-refractivity contribution in [2.24, 2.45) is 5.92 Å². The van der Waals surface area contributed by atoms with Crippen molar-refractivity contribution in [3.05, 3.63) is 47.1 Å². The van der Waals surface area contributed by atoms with Crippen molar-refractivity contribution in [2.45, 2.75) is 32.2 Å². The van der Waals surface area contributed by atoms with E-state index in [4.69, 9.17) is 4.52 Å². The lowest BCUT2D eigenvalue weighted by Crippen LogP contribution is -2.46. The van der Waals surface area contributed by atoms with Gasteiger partial charge in [0.1, 0.15) is 0 Å². The maximum Gasteiger partial charge on any atom is 0.319 e. The van der Waals surface area contributed by atoms with E-state index in [9.17, 15) is 9.59 Å². The van der Waals surface area contributed by atoms with Crippen LogP contribution >= 0.6 is 0 Å². The van der Waals surface area contributed by atoms with E-state index in [0.717, 1.165) is 6.42 Å². The van der Waals surface area contributed by atoms with Gasteiger partial charge in [0.15, 0.2) is 5.82 Å². The lowest BCUT2D eigenvalue weighted by Gasteiger charge is -2.29. The number of benzene rings is 1. The van der Waals surface area contributed by atoms with Gasteiger partial charge in [-0.1, -0.05) is 29.4 Å². The second kappa shape index (κ2) is 6.78. The zero-order valence-electron chi connectivity index (χ0n) is 14.6. The lowest BCUT2D eigenvalue weighted by molar-refractivity contribution is -0.122. The fraction of sp³-hybridized carbons (Fsp3) is 0.444. The molecule has 8 heteroatoms. The topological polar surface area (TPSA) is 100 Å². The summed E-state index contributed by atoms with van der Waals surface area (Å²) in [6, 6.07) is 7.98. The summed E-state index contributed by atoms with van der Waals surface area (Å²) in [6.07, 6.45) is 1.55. The molecule has 0 saturated heterocycles. The zero-order chi connectivity index (χ0) is 18.1. The van der Waals surface area contributed by atoms with Gasteiger partial charge in [-0.3, -0.25) is 4.79 Å². The molecule has 2 atom stereocenters. The Morgan fingerprint density at radius 1 is 1.27 bits per heavy atom. The number of aromatic nitrogens is 2. The molecule has 2 unspecified atom stereocenters. The van der Waals surface area contributed by atoms with Crippen LogP contribution in [0, 0.1) is 12.8 Å². The molecular weight excluding hydrogens is 334 g/mol. The van der Waals surface area contributed by atoms with Crippen LogP contribution < -0.4 is 10.6 Å². The molecule has 26 heavy (non-hydrogen) atoms. The summed E-state index contributed by atoms with van der Waals surface area (Å²) in [7, 11) is 0. The van der Waals surface area contributed by atoms with Crippen molar-refractivity contribution < 1.29 is 14.1 Å². The van der Waals surface area contributed by atoms with Gasteiger partial charge in [0.2, 0.25) is 11.8 Å². The second-order valence-electron chi connectivity index (χ2n) is 6.77. The smallest absolute Gasteiger partial charge is 0.319 e. The molecule has 0 radical (unpaired) electrons. The average molecular weight is 355 g/mol. The molecule has 1 aromatic heterocycles. The molecule has 1 aliphatic heterocycles. The van der Waals surface area contributed by atoms with Crippen LogP contribution in [0.4, 0.5) is 4.79 Å². The molecule has 1 aliphatic carbocycles. The molecule has 0 bridgehead atoms. The van der Waals surface area contributed by atoms with E-state index in [1.165, 1.54) is 11.1 Å². The summed E-state index contributed by atoms with van der Waals surface area (Å²) in [5.41, 5.74) is 2.47. The van der Waals surface area contributed by atoms with E-state index < -0.39 is 0 Å². The van der Waals surface area contributed by atoms with Crippen molar-refractivity contribution in [2.75, 3.05) is 13.2 Å². The number of urea groups is 1. The van der Waals surface area contributed by atoms with Gasteiger partial charge >= 0.3 is 6.03 Å². The zero-order valence-corrected chi connectivity index (χ0v) is 14.6. The van der Waals surface area contributed by atoms with Crippen LogP contribution in [0.2, 0.25) is 0 Å². The third kappa shape index (κ3) is 3.40. The molecule has 8 nitrogen and oxygen atoms in total. The van der Waals surface area contributed by atoms with Crippen molar-refractivity contribution in [3.8, 4) is 0 Å². The highest BCUT2D eigenvalue weighted by atomic mass is 16.5. The van der Waals surface area contributed by atoms with Crippen molar-refractivity contribution in [1.82, 2.24) is 25.7 Å². The fourth-order valence-electron chi connectivity index (χ4n) is 3.34. The van der Waals surface area contributed by atoms with Gasteiger partial charge in [0, 0.05) is 13.1 Å². The monoisotopic (exact) mass is 355 g/mol. The van der Waals surface area contributed by atoms with Crippen molar-refractivity contribution in [1.29, 1.82) is 0 Å². The Bertz CT molecular complexity index is 834. The molecule has 2 aromatic rings. The standard InChI is InChI=1S/C18H21N5O3/c1-11-21-17(26-22-11)15-8-14(15)16(24)19-10-20-18(25)23-7-6-12-4-2-3-5-13(12)9-23/h2-5,14-15H,6-10H2,1H3,(H,19,24)(H,20,25).